The van der Waals surface area contributed by atoms with Crippen LogP contribution < -0.4 is 0 Å². The zero-order valence-electron chi connectivity index (χ0n) is 9.79. The molecule has 0 atom stereocenters. The van der Waals surface area contributed by atoms with Gasteiger partial charge in [0, 0.05) is 13.4 Å². The first-order valence-corrected chi connectivity index (χ1v) is 7.26. The van der Waals surface area contributed by atoms with Crippen LogP contribution in [0, 0.1) is 10.1 Å². The van der Waals surface area contributed by atoms with Crippen LogP contribution in [0.15, 0.2) is 0 Å². The van der Waals surface area contributed by atoms with Gasteiger partial charge in [0.1, 0.15) is 9.84 Å². The summed E-state index contributed by atoms with van der Waals surface area (Å²) in [5.74, 6) is -0.196. The van der Waals surface area contributed by atoms with Gasteiger partial charge in [-0.1, -0.05) is 11.6 Å². The Kier molecular flexibility index (Phi) is 4.65. The number of aromatic nitrogens is 2. The number of rotatable bonds is 6. The molecule has 0 saturated heterocycles. The van der Waals surface area contributed by atoms with Gasteiger partial charge in [0.25, 0.3) is 0 Å². The molecule has 0 N–H and O–H groups in total. The first kappa shape index (κ1) is 14.9. The lowest BCUT2D eigenvalue weighted by Crippen LogP contribution is -2.12. The molecule has 102 valence electrons. The average Bonchev–Trinajstić information content (AvgIpc) is 2.52. The molecule has 0 aliphatic heterocycles. The van der Waals surface area contributed by atoms with Crippen LogP contribution >= 0.6 is 11.6 Å². The highest BCUT2D eigenvalue weighted by Crippen LogP contribution is 2.28. The monoisotopic (exact) mass is 297 g/mol. The van der Waals surface area contributed by atoms with E-state index in [0.717, 1.165) is 10.9 Å². The van der Waals surface area contributed by atoms with Gasteiger partial charge in [0.2, 0.25) is 5.15 Å². The number of methoxy groups -OCH3 is 1. The average molecular weight is 298 g/mol. The minimum Gasteiger partial charge on any atom is -0.378 e. The second-order valence-corrected chi connectivity index (χ2v) is 6.25. The summed E-state index contributed by atoms with van der Waals surface area (Å²) in [7, 11) is -1.83. The maximum absolute atomic E-state index is 11.0. The van der Waals surface area contributed by atoms with Crippen molar-refractivity contribution in [2.75, 3.05) is 19.1 Å². The third kappa shape index (κ3) is 3.65. The minimum atomic E-state index is -3.20. The van der Waals surface area contributed by atoms with E-state index in [0.29, 0.717) is 0 Å². The van der Waals surface area contributed by atoms with Crippen molar-refractivity contribution in [3.8, 4) is 0 Å². The van der Waals surface area contributed by atoms with Crippen LogP contribution in [0.2, 0.25) is 5.15 Å². The smallest absolute Gasteiger partial charge is 0.331 e. The molecule has 0 aromatic carbocycles. The van der Waals surface area contributed by atoms with Gasteiger partial charge in [-0.05, 0) is 0 Å². The highest BCUT2D eigenvalue weighted by atomic mass is 35.5. The maximum Gasteiger partial charge on any atom is 0.331 e. The van der Waals surface area contributed by atoms with E-state index in [-0.39, 0.29) is 35.4 Å². The lowest BCUT2D eigenvalue weighted by molar-refractivity contribution is -0.385. The van der Waals surface area contributed by atoms with E-state index >= 15 is 0 Å². The van der Waals surface area contributed by atoms with Crippen LogP contribution in [0.1, 0.15) is 5.69 Å². The van der Waals surface area contributed by atoms with Crippen LogP contribution in [-0.4, -0.2) is 42.2 Å². The molecular weight excluding hydrogens is 286 g/mol. The van der Waals surface area contributed by atoms with Crippen LogP contribution in [0.4, 0.5) is 5.69 Å². The topological polar surface area (TPSA) is 104 Å². The first-order chi connectivity index (χ1) is 8.26. The van der Waals surface area contributed by atoms with Gasteiger partial charge < -0.3 is 4.74 Å². The fourth-order valence-electron chi connectivity index (χ4n) is 1.29. The Balaban J connectivity index is 3.07. The zero-order chi connectivity index (χ0) is 13.9. The van der Waals surface area contributed by atoms with Crippen LogP contribution in [0.25, 0.3) is 0 Å². The molecule has 1 rings (SSSR count). The highest BCUT2D eigenvalue weighted by molar-refractivity contribution is 7.90. The number of ether oxygens (including phenoxy) is 1. The van der Waals surface area contributed by atoms with Crippen molar-refractivity contribution >= 4 is 27.1 Å². The molecule has 10 heteroatoms. The van der Waals surface area contributed by atoms with Gasteiger partial charge in [-0.3, -0.25) is 10.1 Å². The zero-order valence-corrected chi connectivity index (χ0v) is 11.4. The molecular formula is C8H12ClN3O5S. The molecule has 0 unspecified atom stereocenters. The van der Waals surface area contributed by atoms with Gasteiger partial charge in [-0.2, -0.15) is 5.10 Å². The van der Waals surface area contributed by atoms with E-state index < -0.39 is 14.8 Å². The second kappa shape index (κ2) is 5.63. The first-order valence-electron chi connectivity index (χ1n) is 4.82. The second-order valence-electron chi connectivity index (χ2n) is 3.63. The summed E-state index contributed by atoms with van der Waals surface area (Å²) in [5.41, 5.74) is -0.284. The molecule has 0 saturated carbocycles. The van der Waals surface area contributed by atoms with E-state index in [2.05, 4.69) is 5.10 Å². The highest BCUT2D eigenvalue weighted by Gasteiger charge is 2.26. The quantitative estimate of drug-likeness (QED) is 0.563. The number of nitro groups is 1. The molecule has 0 spiro atoms. The summed E-state index contributed by atoms with van der Waals surface area (Å²) in [5, 5.41) is 14.5. The molecule has 0 aliphatic rings. The van der Waals surface area contributed by atoms with E-state index in [1.54, 1.807) is 0 Å². The normalized spacial score (nSPS) is 11.7. The fraction of sp³-hybridized carbons (Fsp3) is 0.625. The third-order valence-electron chi connectivity index (χ3n) is 2.07. The number of nitrogens with zero attached hydrogens (tertiary/aromatic N) is 3. The van der Waals surface area contributed by atoms with Crippen molar-refractivity contribution < 1.29 is 18.1 Å². The molecule has 1 aromatic rings. The Hall–Kier alpha value is -1.19. The number of hydrogen-bond donors (Lipinski definition) is 0. The SMILES string of the molecule is COCc1nn(CCS(C)(=O)=O)c(Cl)c1[N+](=O)[O-]. The van der Waals surface area contributed by atoms with Gasteiger partial charge in [-0.15, -0.1) is 0 Å². The molecule has 18 heavy (non-hydrogen) atoms. The largest absolute Gasteiger partial charge is 0.378 e. The maximum atomic E-state index is 11.0. The molecule has 0 bridgehead atoms. The van der Waals surface area contributed by atoms with Crippen molar-refractivity contribution in [3.63, 3.8) is 0 Å². The van der Waals surface area contributed by atoms with Gasteiger partial charge in [0.15, 0.2) is 5.69 Å². The van der Waals surface area contributed by atoms with Crippen LogP contribution in [0.3, 0.4) is 0 Å². The molecule has 8 nitrogen and oxygen atoms in total. The predicted molar refractivity (Wildman–Crippen MR) is 64.3 cm³/mol. The Morgan fingerprint density at radius 1 is 1.56 bits per heavy atom. The molecule has 1 aromatic heterocycles. The van der Waals surface area contributed by atoms with Gasteiger partial charge in [0.05, 0.1) is 23.8 Å². The standard InChI is InChI=1S/C8H12ClN3O5S/c1-17-5-6-7(12(13)14)8(9)11(10-6)3-4-18(2,15)16/h3-5H2,1-2H3. The third-order valence-corrected chi connectivity index (χ3v) is 3.37. The van der Waals surface area contributed by atoms with E-state index in [9.17, 15) is 18.5 Å². The summed E-state index contributed by atoms with van der Waals surface area (Å²) in [6.45, 7) is -0.107. The van der Waals surface area contributed by atoms with Gasteiger partial charge >= 0.3 is 5.69 Å². The fourth-order valence-corrected chi connectivity index (χ4v) is 2.10. The molecule has 0 aliphatic carbocycles. The van der Waals surface area contributed by atoms with Crippen molar-refractivity contribution in [1.82, 2.24) is 9.78 Å². The summed E-state index contributed by atoms with van der Waals surface area (Å²) < 4.78 is 27.9. The molecule has 1 heterocycles. The molecule has 0 fully saturated rings. The lowest BCUT2D eigenvalue weighted by Gasteiger charge is -2.00. The summed E-state index contributed by atoms with van der Waals surface area (Å²) >= 11 is 5.80. The Bertz CT molecular complexity index is 553. The Morgan fingerprint density at radius 3 is 2.61 bits per heavy atom. The molecule has 0 radical (unpaired) electrons. The number of halogens is 1. The summed E-state index contributed by atoms with van der Waals surface area (Å²) in [6, 6.07) is 0. The van der Waals surface area contributed by atoms with Crippen molar-refractivity contribution in [3.05, 3.63) is 21.0 Å². The van der Waals surface area contributed by atoms with E-state index in [1.807, 2.05) is 0 Å². The summed E-state index contributed by atoms with van der Waals surface area (Å²) in [4.78, 5) is 10.2. The van der Waals surface area contributed by atoms with Crippen LogP contribution in [-0.2, 0) is 27.7 Å². The summed E-state index contributed by atoms with van der Waals surface area (Å²) in [6.07, 6.45) is 1.06. The van der Waals surface area contributed by atoms with Crippen molar-refractivity contribution in [1.29, 1.82) is 0 Å². The van der Waals surface area contributed by atoms with Crippen LogP contribution in [0.5, 0.6) is 0 Å². The molecule has 0 amide bonds. The van der Waals surface area contributed by atoms with E-state index in [4.69, 9.17) is 16.3 Å². The number of hydrogen-bond acceptors (Lipinski definition) is 6. The Labute approximate surface area is 109 Å². The lowest BCUT2D eigenvalue weighted by atomic mass is 10.4. The number of aryl methyl sites for hydroxylation is 1. The minimum absolute atomic E-state index is 0.0395. The Morgan fingerprint density at radius 2 is 2.17 bits per heavy atom. The number of sulfone groups is 1. The predicted octanol–water partition coefficient (Wildman–Crippen LogP) is 0.636. The van der Waals surface area contributed by atoms with Gasteiger partial charge in [-0.25, -0.2) is 13.1 Å². The van der Waals surface area contributed by atoms with E-state index in [1.165, 1.54) is 7.11 Å². The van der Waals surface area contributed by atoms with Crippen molar-refractivity contribution in [2.24, 2.45) is 0 Å². The van der Waals surface area contributed by atoms with Crippen molar-refractivity contribution in [2.45, 2.75) is 13.2 Å².